The van der Waals surface area contributed by atoms with Gasteiger partial charge < -0.3 is 20.5 Å². The standard InChI is InChI=1S/C20H26N6O3/c1-5-28-16-9-7-14(11-17(16)29-6-2)23-18(27)10-8-15-12(3)22-20-24-19(21)25-26(20)13(15)4/h7,9,11H,5-6,8,10H2,1-4H3,(H2,21,25)(H,23,27). The molecule has 3 rings (SSSR count). The first-order valence-corrected chi connectivity index (χ1v) is 9.60. The zero-order valence-corrected chi connectivity index (χ0v) is 17.2. The molecule has 9 nitrogen and oxygen atoms in total. The maximum absolute atomic E-state index is 12.5. The van der Waals surface area contributed by atoms with Crippen LogP contribution in [0.1, 0.15) is 37.2 Å². The summed E-state index contributed by atoms with van der Waals surface area (Å²) in [6, 6.07) is 5.37. The Hall–Kier alpha value is -3.36. The van der Waals surface area contributed by atoms with Crippen LogP contribution in [0.5, 0.6) is 11.5 Å². The van der Waals surface area contributed by atoms with Crippen molar-refractivity contribution in [3.05, 3.63) is 35.2 Å². The van der Waals surface area contributed by atoms with Crippen LogP contribution in [0, 0.1) is 13.8 Å². The van der Waals surface area contributed by atoms with Crippen molar-refractivity contribution < 1.29 is 14.3 Å². The number of aromatic nitrogens is 4. The molecule has 0 spiro atoms. The Morgan fingerprint density at radius 2 is 1.86 bits per heavy atom. The van der Waals surface area contributed by atoms with Crippen molar-refractivity contribution in [3.8, 4) is 11.5 Å². The van der Waals surface area contributed by atoms with Gasteiger partial charge in [-0.2, -0.15) is 9.50 Å². The average molecular weight is 398 g/mol. The maximum Gasteiger partial charge on any atom is 0.254 e. The number of nitrogens with zero attached hydrogens (tertiary/aromatic N) is 4. The number of fused-ring (bicyclic) bond motifs is 1. The van der Waals surface area contributed by atoms with Crippen LogP contribution in [0.2, 0.25) is 0 Å². The topological polar surface area (TPSA) is 117 Å². The van der Waals surface area contributed by atoms with Gasteiger partial charge in [0.15, 0.2) is 11.5 Å². The van der Waals surface area contributed by atoms with Gasteiger partial charge in [0.1, 0.15) is 0 Å². The van der Waals surface area contributed by atoms with Gasteiger partial charge in [0.2, 0.25) is 11.9 Å². The summed E-state index contributed by atoms with van der Waals surface area (Å²) < 4.78 is 12.8. The number of carbonyl (C=O) groups is 1. The first-order chi connectivity index (χ1) is 13.9. The molecular weight excluding hydrogens is 372 g/mol. The van der Waals surface area contributed by atoms with Crippen molar-refractivity contribution in [2.75, 3.05) is 24.3 Å². The van der Waals surface area contributed by atoms with Gasteiger partial charge in [-0.15, -0.1) is 5.10 Å². The third kappa shape index (κ3) is 4.56. The fourth-order valence-corrected chi connectivity index (χ4v) is 3.18. The number of carbonyl (C=O) groups excluding carboxylic acids is 1. The summed E-state index contributed by atoms with van der Waals surface area (Å²) in [4.78, 5) is 21.0. The summed E-state index contributed by atoms with van der Waals surface area (Å²) in [6.07, 6.45) is 0.831. The highest BCUT2D eigenvalue weighted by atomic mass is 16.5. The van der Waals surface area contributed by atoms with E-state index in [1.165, 1.54) is 0 Å². The molecule has 1 amide bonds. The predicted octanol–water partition coefficient (Wildman–Crippen LogP) is 2.69. The summed E-state index contributed by atoms with van der Waals surface area (Å²) >= 11 is 0. The van der Waals surface area contributed by atoms with Crippen LogP contribution in [0.3, 0.4) is 0 Å². The first kappa shape index (κ1) is 20.4. The number of rotatable bonds is 8. The Morgan fingerprint density at radius 1 is 1.14 bits per heavy atom. The largest absolute Gasteiger partial charge is 0.490 e. The number of aryl methyl sites for hydroxylation is 2. The molecular formula is C20H26N6O3. The molecule has 0 atom stereocenters. The lowest BCUT2D eigenvalue weighted by molar-refractivity contribution is -0.116. The Morgan fingerprint density at radius 3 is 2.59 bits per heavy atom. The average Bonchev–Trinajstić information content (AvgIpc) is 3.04. The number of hydrogen-bond donors (Lipinski definition) is 2. The third-order valence-electron chi connectivity index (χ3n) is 4.49. The van der Waals surface area contributed by atoms with Gasteiger partial charge >= 0.3 is 0 Å². The quantitative estimate of drug-likeness (QED) is 0.599. The molecule has 154 valence electrons. The normalized spacial score (nSPS) is 10.9. The molecule has 1 aromatic carbocycles. The van der Waals surface area contributed by atoms with Gasteiger partial charge in [-0.1, -0.05) is 0 Å². The minimum absolute atomic E-state index is 0.103. The number of anilines is 2. The van der Waals surface area contributed by atoms with Crippen molar-refractivity contribution in [2.45, 2.75) is 40.5 Å². The van der Waals surface area contributed by atoms with E-state index in [4.69, 9.17) is 15.2 Å². The second-order valence-corrected chi connectivity index (χ2v) is 6.52. The van der Waals surface area contributed by atoms with Crippen LogP contribution >= 0.6 is 0 Å². The Kier molecular flexibility index (Phi) is 6.16. The monoisotopic (exact) mass is 398 g/mol. The Balaban J connectivity index is 1.70. The second-order valence-electron chi connectivity index (χ2n) is 6.52. The third-order valence-corrected chi connectivity index (χ3v) is 4.49. The van der Waals surface area contributed by atoms with E-state index in [2.05, 4.69) is 20.4 Å². The molecule has 9 heteroatoms. The molecule has 0 aliphatic heterocycles. The van der Waals surface area contributed by atoms with E-state index >= 15 is 0 Å². The van der Waals surface area contributed by atoms with Gasteiger partial charge in [-0.25, -0.2) is 4.98 Å². The second kappa shape index (κ2) is 8.76. The van der Waals surface area contributed by atoms with Gasteiger partial charge in [-0.05, 0) is 51.8 Å². The molecule has 0 bridgehead atoms. The van der Waals surface area contributed by atoms with Crippen LogP contribution < -0.4 is 20.5 Å². The van der Waals surface area contributed by atoms with Crippen molar-refractivity contribution in [1.82, 2.24) is 19.6 Å². The molecule has 0 aliphatic rings. The van der Waals surface area contributed by atoms with E-state index in [0.717, 1.165) is 17.0 Å². The zero-order valence-electron chi connectivity index (χ0n) is 17.2. The highest BCUT2D eigenvalue weighted by Crippen LogP contribution is 2.30. The minimum Gasteiger partial charge on any atom is -0.490 e. The zero-order chi connectivity index (χ0) is 21.0. The van der Waals surface area contributed by atoms with Crippen molar-refractivity contribution in [3.63, 3.8) is 0 Å². The molecule has 0 aliphatic carbocycles. The molecule has 0 saturated heterocycles. The van der Waals surface area contributed by atoms with Crippen LogP contribution in [-0.2, 0) is 11.2 Å². The predicted molar refractivity (Wildman–Crippen MR) is 110 cm³/mol. The first-order valence-electron chi connectivity index (χ1n) is 9.60. The van der Waals surface area contributed by atoms with E-state index < -0.39 is 0 Å². The van der Waals surface area contributed by atoms with Crippen molar-refractivity contribution in [2.24, 2.45) is 0 Å². The summed E-state index contributed by atoms with van der Waals surface area (Å²) in [7, 11) is 0. The van der Waals surface area contributed by atoms with Gasteiger partial charge in [0, 0.05) is 29.6 Å². The number of nitrogens with two attached hydrogens (primary N) is 1. The highest BCUT2D eigenvalue weighted by molar-refractivity contribution is 5.91. The maximum atomic E-state index is 12.5. The van der Waals surface area contributed by atoms with Gasteiger partial charge in [-0.3, -0.25) is 4.79 Å². The van der Waals surface area contributed by atoms with Crippen molar-refractivity contribution >= 4 is 23.3 Å². The fraction of sp³-hybridized carbons (Fsp3) is 0.400. The van der Waals surface area contributed by atoms with Crippen molar-refractivity contribution in [1.29, 1.82) is 0 Å². The van der Waals surface area contributed by atoms with E-state index in [1.54, 1.807) is 22.7 Å². The molecule has 2 heterocycles. The molecule has 29 heavy (non-hydrogen) atoms. The van der Waals surface area contributed by atoms with Gasteiger partial charge in [0.25, 0.3) is 5.78 Å². The molecule has 3 aromatic rings. The SMILES string of the molecule is CCOc1ccc(NC(=O)CCc2c(C)nc3nc(N)nn3c2C)cc1OCC. The molecule has 3 N–H and O–H groups in total. The highest BCUT2D eigenvalue weighted by Gasteiger charge is 2.14. The van der Waals surface area contributed by atoms with E-state index in [0.29, 0.717) is 49.0 Å². The number of amides is 1. The lowest BCUT2D eigenvalue weighted by Gasteiger charge is -2.13. The molecule has 0 saturated carbocycles. The molecule has 0 fully saturated rings. The smallest absolute Gasteiger partial charge is 0.254 e. The summed E-state index contributed by atoms with van der Waals surface area (Å²) in [5.41, 5.74) is 8.98. The van der Waals surface area contributed by atoms with Crippen LogP contribution in [0.15, 0.2) is 18.2 Å². The number of nitrogen functional groups attached to an aromatic ring is 1. The molecule has 2 aromatic heterocycles. The van der Waals surface area contributed by atoms with Crippen LogP contribution in [-0.4, -0.2) is 38.7 Å². The van der Waals surface area contributed by atoms with E-state index in [1.807, 2.05) is 27.7 Å². The fourth-order valence-electron chi connectivity index (χ4n) is 3.18. The van der Waals surface area contributed by atoms with E-state index in [-0.39, 0.29) is 11.9 Å². The van der Waals surface area contributed by atoms with Crippen LogP contribution in [0.25, 0.3) is 5.78 Å². The van der Waals surface area contributed by atoms with E-state index in [9.17, 15) is 4.79 Å². The van der Waals surface area contributed by atoms with Gasteiger partial charge in [0.05, 0.1) is 13.2 Å². The summed E-state index contributed by atoms with van der Waals surface area (Å²) in [5, 5.41) is 7.07. The molecule has 0 unspecified atom stereocenters. The Bertz CT molecular complexity index is 1030. The summed E-state index contributed by atoms with van der Waals surface area (Å²) in [5.74, 6) is 1.80. The molecule has 0 radical (unpaired) electrons. The number of benzene rings is 1. The van der Waals surface area contributed by atoms with Crippen LogP contribution in [0.4, 0.5) is 11.6 Å². The number of nitrogens with one attached hydrogen (secondary N) is 1. The lowest BCUT2D eigenvalue weighted by atomic mass is 10.1. The minimum atomic E-state index is -0.103. The lowest BCUT2D eigenvalue weighted by Crippen LogP contribution is -2.14. The number of hydrogen-bond acceptors (Lipinski definition) is 7. The summed E-state index contributed by atoms with van der Waals surface area (Å²) in [6.45, 7) is 8.68. The number of ether oxygens (including phenoxy) is 2. The Labute approximate surface area is 169 Å².